The van der Waals surface area contributed by atoms with E-state index in [0.717, 1.165) is 32.7 Å². The number of Topliss-reactive ketones (excluding diaryl/α,β-unsaturated/α-hetero) is 1. The molecule has 0 amide bonds. The largest absolute Gasteiger partial charge is 0.380 e. The average Bonchev–Trinajstić information content (AvgIpc) is 2.28. The molecule has 0 bridgehead atoms. The van der Waals surface area contributed by atoms with Gasteiger partial charge < -0.3 is 4.74 Å². The predicted octanol–water partition coefficient (Wildman–Crippen LogP) is 2.10. The summed E-state index contributed by atoms with van der Waals surface area (Å²) in [6.07, 6.45) is 3.04. The van der Waals surface area contributed by atoms with Crippen LogP contribution in [-0.4, -0.2) is 43.0 Å². The number of carbonyl (C=O) groups is 1. The number of carbonyl (C=O) groups excluding carboxylic acids is 1. The SMILES string of the molecule is CCCCOCCN1CCC(=O)C(C)C1C. The minimum Gasteiger partial charge on any atom is -0.380 e. The van der Waals surface area contributed by atoms with Crippen molar-refractivity contribution < 1.29 is 9.53 Å². The van der Waals surface area contributed by atoms with Crippen LogP contribution in [0, 0.1) is 5.92 Å². The molecule has 1 aliphatic heterocycles. The van der Waals surface area contributed by atoms with Gasteiger partial charge in [-0.05, 0) is 13.3 Å². The van der Waals surface area contributed by atoms with Crippen molar-refractivity contribution in [1.29, 1.82) is 0 Å². The number of hydrogen-bond acceptors (Lipinski definition) is 3. The van der Waals surface area contributed by atoms with Crippen LogP contribution in [-0.2, 0) is 9.53 Å². The standard InChI is InChI=1S/C13H25NO2/c1-4-5-9-16-10-8-14-7-6-13(15)11(2)12(14)3/h11-12H,4-10H2,1-3H3. The third kappa shape index (κ3) is 3.87. The Morgan fingerprint density at radius 3 is 2.81 bits per heavy atom. The molecule has 16 heavy (non-hydrogen) atoms. The monoisotopic (exact) mass is 227 g/mol. The first-order valence-corrected chi connectivity index (χ1v) is 6.51. The van der Waals surface area contributed by atoms with Gasteiger partial charge in [0, 0.05) is 38.1 Å². The van der Waals surface area contributed by atoms with Gasteiger partial charge in [0.05, 0.1) is 6.61 Å². The molecule has 0 aromatic rings. The van der Waals surface area contributed by atoms with Gasteiger partial charge in [0.15, 0.2) is 0 Å². The molecule has 0 aromatic carbocycles. The molecule has 1 aliphatic rings. The van der Waals surface area contributed by atoms with Crippen LogP contribution in [0.15, 0.2) is 0 Å². The second-order valence-electron chi connectivity index (χ2n) is 4.75. The van der Waals surface area contributed by atoms with Gasteiger partial charge in [0.1, 0.15) is 5.78 Å². The maximum Gasteiger partial charge on any atom is 0.138 e. The highest BCUT2D eigenvalue weighted by Crippen LogP contribution is 2.19. The highest BCUT2D eigenvalue weighted by Gasteiger charge is 2.30. The summed E-state index contributed by atoms with van der Waals surface area (Å²) < 4.78 is 5.56. The van der Waals surface area contributed by atoms with E-state index in [9.17, 15) is 4.79 Å². The molecule has 1 heterocycles. The second kappa shape index (κ2) is 7.02. The number of ether oxygens (including phenoxy) is 1. The summed E-state index contributed by atoms with van der Waals surface area (Å²) in [5.74, 6) is 0.597. The second-order valence-corrected chi connectivity index (χ2v) is 4.75. The van der Waals surface area contributed by atoms with Gasteiger partial charge >= 0.3 is 0 Å². The van der Waals surface area contributed by atoms with Gasteiger partial charge in [0.25, 0.3) is 0 Å². The minimum absolute atomic E-state index is 0.185. The molecule has 1 rings (SSSR count). The molecule has 0 spiro atoms. The Labute approximate surface area is 99.1 Å². The number of unbranched alkanes of at least 4 members (excludes halogenated alkanes) is 1. The Balaban J connectivity index is 2.19. The van der Waals surface area contributed by atoms with Crippen LogP contribution in [0.4, 0.5) is 0 Å². The lowest BCUT2D eigenvalue weighted by Crippen LogP contribution is -2.47. The molecule has 1 saturated heterocycles. The van der Waals surface area contributed by atoms with Gasteiger partial charge in [-0.25, -0.2) is 0 Å². The maximum absolute atomic E-state index is 11.5. The van der Waals surface area contributed by atoms with Crippen LogP contribution in [0.3, 0.4) is 0 Å². The van der Waals surface area contributed by atoms with E-state index in [0.29, 0.717) is 18.2 Å². The van der Waals surface area contributed by atoms with E-state index in [1.165, 1.54) is 6.42 Å². The molecule has 94 valence electrons. The van der Waals surface area contributed by atoms with E-state index in [4.69, 9.17) is 4.74 Å². The Morgan fingerprint density at radius 1 is 1.38 bits per heavy atom. The van der Waals surface area contributed by atoms with E-state index in [1.54, 1.807) is 0 Å². The Bertz CT molecular complexity index is 218. The van der Waals surface area contributed by atoms with Gasteiger partial charge in [-0.1, -0.05) is 20.3 Å². The fraction of sp³-hybridized carbons (Fsp3) is 0.923. The zero-order valence-corrected chi connectivity index (χ0v) is 10.9. The number of hydrogen-bond donors (Lipinski definition) is 0. The summed E-state index contributed by atoms with van der Waals surface area (Å²) in [6, 6.07) is 0.371. The fourth-order valence-corrected chi connectivity index (χ4v) is 2.12. The first-order valence-electron chi connectivity index (χ1n) is 6.51. The smallest absolute Gasteiger partial charge is 0.138 e. The lowest BCUT2D eigenvalue weighted by molar-refractivity contribution is -0.128. The van der Waals surface area contributed by atoms with Crippen molar-refractivity contribution >= 4 is 5.78 Å². The molecule has 0 saturated carbocycles. The van der Waals surface area contributed by atoms with E-state index < -0.39 is 0 Å². The fourth-order valence-electron chi connectivity index (χ4n) is 2.12. The summed E-state index contributed by atoms with van der Waals surface area (Å²) in [7, 11) is 0. The van der Waals surface area contributed by atoms with Crippen molar-refractivity contribution in [3.8, 4) is 0 Å². The summed E-state index contributed by atoms with van der Waals surface area (Å²) in [5, 5.41) is 0. The Kier molecular flexibility index (Phi) is 5.99. The van der Waals surface area contributed by atoms with Gasteiger partial charge in [0.2, 0.25) is 0 Å². The number of piperidine rings is 1. The third-order valence-corrected chi connectivity index (χ3v) is 3.62. The van der Waals surface area contributed by atoms with Crippen LogP contribution in [0.1, 0.15) is 40.0 Å². The molecular weight excluding hydrogens is 202 g/mol. The maximum atomic E-state index is 11.5. The van der Waals surface area contributed by atoms with Crippen LogP contribution in [0.5, 0.6) is 0 Å². The highest BCUT2D eigenvalue weighted by molar-refractivity contribution is 5.82. The molecule has 3 nitrogen and oxygen atoms in total. The van der Waals surface area contributed by atoms with Gasteiger partial charge in [-0.3, -0.25) is 9.69 Å². The molecule has 2 unspecified atom stereocenters. The minimum atomic E-state index is 0.185. The average molecular weight is 227 g/mol. The summed E-state index contributed by atoms with van der Waals surface area (Å²) in [5.41, 5.74) is 0. The molecule has 0 radical (unpaired) electrons. The number of ketones is 1. The normalized spacial score (nSPS) is 27.3. The van der Waals surface area contributed by atoms with Crippen molar-refractivity contribution in [2.24, 2.45) is 5.92 Å². The number of rotatable bonds is 6. The zero-order chi connectivity index (χ0) is 12.0. The predicted molar refractivity (Wildman–Crippen MR) is 65.6 cm³/mol. The molecule has 3 heteroatoms. The Morgan fingerprint density at radius 2 is 2.12 bits per heavy atom. The molecule has 2 atom stereocenters. The lowest BCUT2D eigenvalue weighted by atomic mass is 9.91. The summed E-state index contributed by atoms with van der Waals surface area (Å²) >= 11 is 0. The van der Waals surface area contributed by atoms with Crippen molar-refractivity contribution in [2.75, 3.05) is 26.3 Å². The van der Waals surface area contributed by atoms with Crippen LogP contribution in [0.2, 0.25) is 0 Å². The lowest BCUT2D eigenvalue weighted by Gasteiger charge is -2.36. The van der Waals surface area contributed by atoms with E-state index in [1.807, 2.05) is 6.92 Å². The Hall–Kier alpha value is -0.410. The highest BCUT2D eigenvalue weighted by atomic mass is 16.5. The van der Waals surface area contributed by atoms with E-state index in [-0.39, 0.29) is 5.92 Å². The first kappa shape index (κ1) is 13.7. The molecule has 0 aromatic heterocycles. The zero-order valence-electron chi connectivity index (χ0n) is 10.9. The summed E-state index contributed by atoms with van der Waals surface area (Å²) in [4.78, 5) is 13.9. The third-order valence-electron chi connectivity index (χ3n) is 3.62. The molecular formula is C13H25NO2. The van der Waals surface area contributed by atoms with Crippen molar-refractivity contribution in [1.82, 2.24) is 4.90 Å². The molecule has 0 aliphatic carbocycles. The van der Waals surface area contributed by atoms with Crippen LogP contribution in [0.25, 0.3) is 0 Å². The first-order chi connectivity index (χ1) is 7.66. The van der Waals surface area contributed by atoms with Crippen molar-refractivity contribution in [2.45, 2.75) is 46.1 Å². The van der Waals surface area contributed by atoms with Crippen molar-refractivity contribution in [3.05, 3.63) is 0 Å². The van der Waals surface area contributed by atoms with Crippen LogP contribution >= 0.6 is 0 Å². The van der Waals surface area contributed by atoms with E-state index in [2.05, 4.69) is 18.7 Å². The quantitative estimate of drug-likeness (QED) is 0.651. The summed E-state index contributed by atoms with van der Waals surface area (Å²) in [6.45, 7) is 9.89. The number of likely N-dealkylation sites (tertiary alicyclic amines) is 1. The van der Waals surface area contributed by atoms with Crippen LogP contribution < -0.4 is 0 Å². The van der Waals surface area contributed by atoms with E-state index >= 15 is 0 Å². The number of nitrogens with zero attached hydrogens (tertiary/aromatic N) is 1. The van der Waals surface area contributed by atoms with Gasteiger partial charge in [-0.2, -0.15) is 0 Å². The molecule has 1 fully saturated rings. The van der Waals surface area contributed by atoms with Crippen molar-refractivity contribution in [3.63, 3.8) is 0 Å². The van der Waals surface area contributed by atoms with Gasteiger partial charge in [-0.15, -0.1) is 0 Å². The topological polar surface area (TPSA) is 29.5 Å². The molecule has 0 N–H and O–H groups in total.